The zero-order chi connectivity index (χ0) is 14.8. The highest BCUT2D eigenvalue weighted by Crippen LogP contribution is 2.39. The Labute approximate surface area is 126 Å². The van der Waals surface area contributed by atoms with Crippen molar-refractivity contribution in [2.75, 3.05) is 0 Å². The fourth-order valence-electron chi connectivity index (χ4n) is 3.72. The quantitative estimate of drug-likeness (QED) is 0.911. The lowest BCUT2D eigenvalue weighted by atomic mass is 9.78. The number of primary amides is 1. The Hall–Kier alpha value is -1.77. The first-order valence-corrected chi connectivity index (χ1v) is 8.07. The number of fused-ring (bicyclic) bond motifs is 1. The molecule has 3 rings (SSSR count). The molecule has 1 saturated carbocycles. The van der Waals surface area contributed by atoms with E-state index >= 15 is 0 Å². The van der Waals surface area contributed by atoms with E-state index < -0.39 is 0 Å². The Morgan fingerprint density at radius 2 is 1.95 bits per heavy atom. The molecule has 1 aliphatic rings. The van der Waals surface area contributed by atoms with Crippen molar-refractivity contribution >= 4 is 16.8 Å². The van der Waals surface area contributed by atoms with Gasteiger partial charge in [-0.1, -0.05) is 25.1 Å². The molecule has 0 radical (unpaired) electrons. The zero-order valence-corrected chi connectivity index (χ0v) is 12.7. The van der Waals surface area contributed by atoms with Gasteiger partial charge in [0.2, 0.25) is 5.91 Å². The summed E-state index contributed by atoms with van der Waals surface area (Å²) in [5.41, 5.74) is 8.24. The van der Waals surface area contributed by atoms with E-state index in [0.717, 1.165) is 38.6 Å². The van der Waals surface area contributed by atoms with Gasteiger partial charge in [-0.2, -0.15) is 0 Å². The highest BCUT2D eigenvalue weighted by molar-refractivity contribution is 5.84. The van der Waals surface area contributed by atoms with Crippen LogP contribution in [0.25, 0.3) is 10.9 Å². The molecule has 1 aromatic carbocycles. The van der Waals surface area contributed by atoms with Gasteiger partial charge in [0.1, 0.15) is 0 Å². The van der Waals surface area contributed by atoms with Crippen molar-refractivity contribution in [1.29, 1.82) is 0 Å². The third-order valence-corrected chi connectivity index (χ3v) is 4.85. The molecule has 1 heterocycles. The molecular weight excluding hydrogens is 260 g/mol. The van der Waals surface area contributed by atoms with Crippen molar-refractivity contribution in [3.63, 3.8) is 0 Å². The molecule has 21 heavy (non-hydrogen) atoms. The second kappa shape index (κ2) is 5.92. The van der Waals surface area contributed by atoms with Crippen LogP contribution in [0.3, 0.4) is 0 Å². The molecular formula is C18H24N2O. The lowest BCUT2D eigenvalue weighted by Gasteiger charge is -2.26. The molecule has 0 saturated heterocycles. The van der Waals surface area contributed by atoms with Gasteiger partial charge in [-0.15, -0.1) is 0 Å². The molecule has 0 bridgehead atoms. The molecule has 0 spiro atoms. The van der Waals surface area contributed by atoms with Crippen LogP contribution in [0.5, 0.6) is 0 Å². The smallest absolute Gasteiger partial charge is 0.220 e. The number of carbonyl (C=O) groups is 1. The molecule has 0 aliphatic heterocycles. The summed E-state index contributed by atoms with van der Waals surface area (Å²) in [6.45, 7) is 3.28. The molecule has 1 fully saturated rings. The SMILES string of the molecule is CCCn1cc(C2CCC(C(N)=O)CC2)c2ccccc21. The Bertz CT molecular complexity index is 636. The van der Waals surface area contributed by atoms with Crippen LogP contribution in [0, 0.1) is 5.92 Å². The maximum absolute atomic E-state index is 11.3. The van der Waals surface area contributed by atoms with E-state index in [0.29, 0.717) is 5.92 Å². The van der Waals surface area contributed by atoms with E-state index in [1.54, 1.807) is 0 Å². The summed E-state index contributed by atoms with van der Waals surface area (Å²) < 4.78 is 2.38. The first-order valence-electron chi connectivity index (χ1n) is 8.07. The number of aromatic nitrogens is 1. The van der Waals surface area contributed by atoms with Crippen molar-refractivity contribution in [3.05, 3.63) is 36.0 Å². The van der Waals surface area contributed by atoms with Gasteiger partial charge in [-0.3, -0.25) is 4.79 Å². The number of rotatable bonds is 4. The van der Waals surface area contributed by atoms with Crippen LogP contribution in [-0.4, -0.2) is 10.5 Å². The van der Waals surface area contributed by atoms with E-state index in [-0.39, 0.29) is 11.8 Å². The third-order valence-electron chi connectivity index (χ3n) is 4.85. The highest BCUT2D eigenvalue weighted by atomic mass is 16.1. The van der Waals surface area contributed by atoms with Crippen LogP contribution in [0.2, 0.25) is 0 Å². The normalized spacial score (nSPS) is 22.5. The van der Waals surface area contributed by atoms with Gasteiger partial charge in [-0.05, 0) is 49.7 Å². The van der Waals surface area contributed by atoms with Crippen molar-refractivity contribution in [2.24, 2.45) is 11.7 Å². The van der Waals surface area contributed by atoms with E-state index in [2.05, 4.69) is 42.0 Å². The molecule has 3 nitrogen and oxygen atoms in total. The number of hydrogen-bond donors (Lipinski definition) is 1. The largest absolute Gasteiger partial charge is 0.369 e. The number of benzene rings is 1. The topological polar surface area (TPSA) is 48.0 Å². The lowest BCUT2D eigenvalue weighted by molar-refractivity contribution is -0.122. The van der Waals surface area contributed by atoms with Crippen molar-refractivity contribution < 1.29 is 4.79 Å². The van der Waals surface area contributed by atoms with Gasteiger partial charge in [0, 0.05) is 29.6 Å². The number of hydrogen-bond acceptors (Lipinski definition) is 1. The number of carbonyl (C=O) groups excluding carboxylic acids is 1. The second-order valence-electron chi connectivity index (χ2n) is 6.25. The van der Waals surface area contributed by atoms with Crippen LogP contribution >= 0.6 is 0 Å². The first-order chi connectivity index (χ1) is 10.2. The summed E-state index contributed by atoms with van der Waals surface area (Å²) in [5, 5.41) is 1.38. The van der Waals surface area contributed by atoms with Crippen LogP contribution in [0.4, 0.5) is 0 Å². The minimum atomic E-state index is -0.123. The van der Waals surface area contributed by atoms with E-state index in [1.807, 2.05) is 0 Å². The summed E-state index contributed by atoms with van der Waals surface area (Å²) in [6, 6.07) is 8.68. The van der Waals surface area contributed by atoms with Crippen LogP contribution in [0.1, 0.15) is 50.5 Å². The standard InChI is InChI=1S/C18H24N2O/c1-2-11-20-12-16(15-5-3-4-6-17(15)20)13-7-9-14(10-8-13)18(19)21/h3-6,12-14H,2,7-11H2,1H3,(H2,19,21). The number of nitrogens with zero attached hydrogens (tertiary/aromatic N) is 1. The fourth-order valence-corrected chi connectivity index (χ4v) is 3.72. The summed E-state index contributed by atoms with van der Waals surface area (Å²) >= 11 is 0. The monoisotopic (exact) mass is 284 g/mol. The number of para-hydroxylation sites is 1. The van der Waals surface area contributed by atoms with Gasteiger partial charge >= 0.3 is 0 Å². The predicted octanol–water partition coefficient (Wildman–Crippen LogP) is 3.81. The first kappa shape index (κ1) is 14.2. The van der Waals surface area contributed by atoms with Crippen molar-refractivity contribution in [2.45, 2.75) is 51.5 Å². The summed E-state index contributed by atoms with van der Waals surface area (Å²) in [5.74, 6) is 0.538. The number of amides is 1. The Balaban J connectivity index is 1.89. The van der Waals surface area contributed by atoms with E-state index in [4.69, 9.17) is 5.73 Å². The predicted molar refractivity (Wildman–Crippen MR) is 86.1 cm³/mol. The number of aryl methyl sites for hydroxylation is 1. The number of nitrogens with two attached hydrogens (primary N) is 1. The minimum Gasteiger partial charge on any atom is -0.369 e. The Morgan fingerprint density at radius 3 is 2.62 bits per heavy atom. The van der Waals surface area contributed by atoms with Gasteiger partial charge in [0.05, 0.1) is 0 Å². The second-order valence-corrected chi connectivity index (χ2v) is 6.25. The zero-order valence-electron chi connectivity index (χ0n) is 12.7. The van der Waals surface area contributed by atoms with Crippen LogP contribution < -0.4 is 5.73 Å². The molecule has 0 unspecified atom stereocenters. The van der Waals surface area contributed by atoms with Crippen LogP contribution in [-0.2, 0) is 11.3 Å². The van der Waals surface area contributed by atoms with Crippen molar-refractivity contribution in [3.8, 4) is 0 Å². The van der Waals surface area contributed by atoms with Gasteiger partial charge in [0.25, 0.3) is 0 Å². The summed E-state index contributed by atoms with van der Waals surface area (Å²) in [4.78, 5) is 11.3. The summed E-state index contributed by atoms with van der Waals surface area (Å²) in [6.07, 6.45) is 7.51. The highest BCUT2D eigenvalue weighted by Gasteiger charge is 2.27. The Kier molecular flexibility index (Phi) is 4.00. The average molecular weight is 284 g/mol. The molecule has 1 aromatic heterocycles. The summed E-state index contributed by atoms with van der Waals surface area (Å²) in [7, 11) is 0. The average Bonchev–Trinajstić information content (AvgIpc) is 2.87. The maximum Gasteiger partial charge on any atom is 0.220 e. The van der Waals surface area contributed by atoms with E-state index in [9.17, 15) is 4.79 Å². The minimum absolute atomic E-state index is 0.0882. The molecule has 0 atom stereocenters. The van der Waals surface area contributed by atoms with E-state index in [1.165, 1.54) is 16.5 Å². The van der Waals surface area contributed by atoms with Gasteiger partial charge in [-0.25, -0.2) is 0 Å². The lowest BCUT2D eigenvalue weighted by Crippen LogP contribution is -2.27. The molecule has 1 amide bonds. The fraction of sp³-hybridized carbons (Fsp3) is 0.500. The molecule has 2 N–H and O–H groups in total. The van der Waals surface area contributed by atoms with Crippen molar-refractivity contribution in [1.82, 2.24) is 4.57 Å². The third kappa shape index (κ3) is 2.69. The molecule has 112 valence electrons. The molecule has 3 heteroatoms. The molecule has 1 aliphatic carbocycles. The molecule has 2 aromatic rings. The van der Waals surface area contributed by atoms with Gasteiger partial charge in [0.15, 0.2) is 0 Å². The van der Waals surface area contributed by atoms with Crippen LogP contribution in [0.15, 0.2) is 30.5 Å². The van der Waals surface area contributed by atoms with Gasteiger partial charge < -0.3 is 10.3 Å². The Morgan fingerprint density at radius 1 is 1.24 bits per heavy atom. The maximum atomic E-state index is 11.3.